The summed E-state index contributed by atoms with van der Waals surface area (Å²) in [6, 6.07) is 0. The normalized spacial score (nSPS) is 26.7. The quantitative estimate of drug-likeness (QED) is 0.656. The third-order valence-electron chi connectivity index (χ3n) is 2.08. The maximum atomic E-state index is 3.63. The van der Waals surface area contributed by atoms with E-state index in [-0.39, 0.29) is 0 Å². The molecule has 1 unspecified atom stereocenters. The average Bonchev–Trinajstić information content (AvgIpc) is 2.31. The molecule has 0 aliphatic carbocycles. The molecule has 0 aromatic carbocycles. The molecule has 0 saturated carbocycles. The van der Waals surface area contributed by atoms with Crippen LogP contribution in [0.25, 0.3) is 0 Å². The zero-order valence-electron chi connectivity index (χ0n) is 7.39. The van der Waals surface area contributed by atoms with Crippen LogP contribution in [0.5, 0.6) is 0 Å². The van der Waals surface area contributed by atoms with E-state index in [1.54, 1.807) is 0 Å². The van der Waals surface area contributed by atoms with Crippen molar-refractivity contribution in [3.05, 3.63) is 0 Å². The Morgan fingerprint density at radius 2 is 2.27 bits per heavy atom. The summed E-state index contributed by atoms with van der Waals surface area (Å²) in [7, 11) is 4.25. The first kappa shape index (κ1) is 9.49. The first-order valence-corrected chi connectivity index (χ1v) is 5.11. The fraction of sp³-hybridized carbons (Fsp3) is 1.00. The predicted octanol–water partition coefficient (Wildman–Crippen LogP) is 1.02. The number of rotatable bonds is 3. The lowest BCUT2D eigenvalue weighted by atomic mass is 10.4. The zero-order chi connectivity index (χ0) is 8.27. The van der Waals surface area contributed by atoms with Crippen LogP contribution < -0.4 is 0 Å². The molecule has 0 aromatic rings. The largest absolute Gasteiger partial charge is 0.308 e. The lowest BCUT2D eigenvalue weighted by Gasteiger charge is -2.17. The first-order valence-electron chi connectivity index (χ1n) is 4.19. The molecule has 1 fully saturated rings. The van der Waals surface area contributed by atoms with Gasteiger partial charge in [0.2, 0.25) is 0 Å². The molecule has 0 aromatic heterocycles. The van der Waals surface area contributed by atoms with Crippen LogP contribution in [0.4, 0.5) is 0 Å². The van der Waals surface area contributed by atoms with Crippen LogP contribution in [0.2, 0.25) is 0 Å². The average molecular weight is 221 g/mol. The van der Waals surface area contributed by atoms with Gasteiger partial charge in [0.05, 0.1) is 0 Å². The predicted molar refractivity (Wildman–Crippen MR) is 52.3 cm³/mol. The summed E-state index contributed by atoms with van der Waals surface area (Å²) < 4.78 is 0. The molecule has 3 heteroatoms. The maximum absolute atomic E-state index is 3.63. The highest BCUT2D eigenvalue weighted by Gasteiger charge is 2.18. The highest BCUT2D eigenvalue weighted by Crippen LogP contribution is 2.15. The van der Waals surface area contributed by atoms with Crippen molar-refractivity contribution in [1.82, 2.24) is 9.80 Å². The second kappa shape index (κ2) is 4.43. The van der Waals surface area contributed by atoms with Gasteiger partial charge in [-0.1, -0.05) is 15.9 Å². The summed E-state index contributed by atoms with van der Waals surface area (Å²) in [6.07, 6.45) is 1.31. The maximum Gasteiger partial charge on any atom is 0.0285 e. The summed E-state index contributed by atoms with van der Waals surface area (Å²) >= 11 is 3.63. The van der Waals surface area contributed by atoms with Gasteiger partial charge in [0.15, 0.2) is 0 Å². The summed E-state index contributed by atoms with van der Waals surface area (Å²) in [4.78, 5) is 5.49. The number of hydrogen-bond donors (Lipinski definition) is 0. The van der Waals surface area contributed by atoms with Gasteiger partial charge in [-0.05, 0) is 27.1 Å². The van der Waals surface area contributed by atoms with Crippen LogP contribution in [0.3, 0.4) is 0 Å². The van der Waals surface area contributed by atoms with Gasteiger partial charge in [-0.2, -0.15) is 0 Å². The Morgan fingerprint density at radius 3 is 2.73 bits per heavy atom. The summed E-state index contributed by atoms with van der Waals surface area (Å²) in [5.41, 5.74) is 0. The number of likely N-dealkylation sites (tertiary alicyclic amines) is 1. The Bertz CT molecular complexity index is 117. The van der Waals surface area contributed by atoms with Gasteiger partial charge in [-0.3, -0.25) is 0 Å². The smallest absolute Gasteiger partial charge is 0.0285 e. The molecule has 66 valence electrons. The van der Waals surface area contributed by atoms with Crippen LogP contribution >= 0.6 is 15.9 Å². The molecule has 1 heterocycles. The van der Waals surface area contributed by atoms with Gasteiger partial charge in [-0.25, -0.2) is 0 Å². The minimum Gasteiger partial charge on any atom is -0.308 e. The molecular formula is C8H17BrN2. The van der Waals surface area contributed by atoms with Gasteiger partial charge in [-0.15, -0.1) is 0 Å². The molecule has 0 N–H and O–H groups in total. The van der Waals surface area contributed by atoms with Crippen molar-refractivity contribution < 1.29 is 0 Å². The van der Waals surface area contributed by atoms with E-state index in [0.717, 1.165) is 4.83 Å². The number of nitrogens with zero attached hydrogens (tertiary/aromatic N) is 2. The van der Waals surface area contributed by atoms with E-state index >= 15 is 0 Å². The summed E-state index contributed by atoms with van der Waals surface area (Å²) in [5, 5.41) is 0. The van der Waals surface area contributed by atoms with Gasteiger partial charge >= 0.3 is 0 Å². The Balaban J connectivity index is 2.08. The molecule has 0 spiro atoms. The molecule has 1 aliphatic heterocycles. The van der Waals surface area contributed by atoms with Crippen molar-refractivity contribution in [2.75, 3.05) is 40.3 Å². The minimum absolute atomic E-state index is 0.740. The Morgan fingerprint density at radius 1 is 1.55 bits per heavy atom. The van der Waals surface area contributed by atoms with E-state index in [0.29, 0.717) is 0 Å². The summed E-state index contributed by atoms with van der Waals surface area (Å²) in [6.45, 7) is 4.90. The van der Waals surface area contributed by atoms with E-state index in [1.165, 1.54) is 32.6 Å². The van der Waals surface area contributed by atoms with Gasteiger partial charge in [0.25, 0.3) is 0 Å². The lowest BCUT2D eigenvalue weighted by Crippen LogP contribution is -2.30. The SMILES string of the molecule is CN(C)CCN1CCC(Br)C1. The van der Waals surface area contributed by atoms with Crippen molar-refractivity contribution in [3.63, 3.8) is 0 Å². The molecule has 2 nitrogen and oxygen atoms in total. The number of hydrogen-bond acceptors (Lipinski definition) is 2. The van der Waals surface area contributed by atoms with Gasteiger partial charge in [0, 0.05) is 24.5 Å². The van der Waals surface area contributed by atoms with Crippen LogP contribution in [-0.2, 0) is 0 Å². The lowest BCUT2D eigenvalue weighted by molar-refractivity contribution is 0.284. The monoisotopic (exact) mass is 220 g/mol. The third-order valence-corrected chi connectivity index (χ3v) is 2.83. The molecule has 0 radical (unpaired) electrons. The number of alkyl halides is 1. The standard InChI is InChI=1S/C8H17BrN2/c1-10(2)5-6-11-4-3-8(9)7-11/h8H,3-7H2,1-2H3. The minimum atomic E-state index is 0.740. The molecular weight excluding hydrogens is 204 g/mol. The van der Waals surface area contributed by atoms with Crippen LogP contribution in [0.1, 0.15) is 6.42 Å². The van der Waals surface area contributed by atoms with Crippen molar-refractivity contribution in [2.24, 2.45) is 0 Å². The molecule has 1 rings (SSSR count). The van der Waals surface area contributed by atoms with E-state index in [4.69, 9.17) is 0 Å². The second-order valence-electron chi connectivity index (χ2n) is 3.49. The molecule has 1 atom stereocenters. The number of halogens is 1. The van der Waals surface area contributed by atoms with Gasteiger partial charge < -0.3 is 9.80 Å². The van der Waals surface area contributed by atoms with Gasteiger partial charge in [0.1, 0.15) is 0 Å². The third kappa shape index (κ3) is 3.54. The molecule has 1 aliphatic rings. The molecule has 1 saturated heterocycles. The van der Waals surface area contributed by atoms with E-state index < -0.39 is 0 Å². The van der Waals surface area contributed by atoms with Crippen molar-refractivity contribution in [1.29, 1.82) is 0 Å². The topological polar surface area (TPSA) is 6.48 Å². The van der Waals surface area contributed by atoms with Crippen molar-refractivity contribution in [2.45, 2.75) is 11.2 Å². The van der Waals surface area contributed by atoms with Crippen LogP contribution in [0.15, 0.2) is 0 Å². The van der Waals surface area contributed by atoms with Crippen LogP contribution in [-0.4, -0.2) is 54.9 Å². The first-order chi connectivity index (χ1) is 5.18. The second-order valence-corrected chi connectivity index (χ2v) is 4.78. The highest BCUT2D eigenvalue weighted by molar-refractivity contribution is 9.09. The Labute approximate surface area is 77.7 Å². The van der Waals surface area contributed by atoms with E-state index in [1.807, 2.05) is 0 Å². The zero-order valence-corrected chi connectivity index (χ0v) is 8.97. The number of likely N-dealkylation sites (N-methyl/N-ethyl adjacent to an activating group) is 1. The molecule has 11 heavy (non-hydrogen) atoms. The highest BCUT2D eigenvalue weighted by atomic mass is 79.9. The van der Waals surface area contributed by atoms with Crippen molar-refractivity contribution >= 4 is 15.9 Å². The Kier molecular flexibility index (Phi) is 3.82. The fourth-order valence-electron chi connectivity index (χ4n) is 1.33. The Hall–Kier alpha value is 0.400. The molecule has 0 amide bonds. The van der Waals surface area contributed by atoms with E-state index in [2.05, 4.69) is 39.8 Å². The molecule has 0 bridgehead atoms. The van der Waals surface area contributed by atoms with Crippen molar-refractivity contribution in [3.8, 4) is 0 Å². The fourth-order valence-corrected chi connectivity index (χ4v) is 1.94. The summed E-state index contributed by atoms with van der Waals surface area (Å²) in [5.74, 6) is 0. The van der Waals surface area contributed by atoms with E-state index in [9.17, 15) is 0 Å². The van der Waals surface area contributed by atoms with Crippen LogP contribution in [0, 0.1) is 0 Å².